The first-order valence-electron chi connectivity index (χ1n) is 10.8. The molecule has 2 aliphatic rings. The minimum Gasteiger partial charge on any atom is -0.496 e. The van der Waals surface area contributed by atoms with E-state index >= 15 is 0 Å². The van der Waals surface area contributed by atoms with Crippen molar-refractivity contribution in [2.75, 3.05) is 7.11 Å². The van der Waals surface area contributed by atoms with Crippen molar-refractivity contribution >= 4 is 5.91 Å². The summed E-state index contributed by atoms with van der Waals surface area (Å²) in [6.45, 7) is 1.86. The lowest BCUT2D eigenvalue weighted by Crippen LogP contribution is -2.42. The first-order valence-corrected chi connectivity index (χ1v) is 10.8. The Labute approximate surface area is 188 Å². The Bertz CT molecular complexity index is 1260. The number of hydrogen-bond donors (Lipinski definition) is 0. The fourth-order valence-corrected chi connectivity index (χ4v) is 5.31. The molecule has 0 radical (unpaired) electrons. The number of aryl methyl sites for hydroxylation is 2. The molecule has 1 amide bonds. The van der Waals surface area contributed by atoms with E-state index in [1.54, 1.807) is 31.0 Å². The second-order valence-corrected chi connectivity index (χ2v) is 8.67. The predicted octanol–water partition coefficient (Wildman–Crippen LogP) is 4.06. The molecule has 1 fully saturated rings. The topological polar surface area (TPSA) is 65.2 Å². The van der Waals surface area contributed by atoms with Crippen LogP contribution in [0.4, 0.5) is 13.2 Å². The number of fused-ring (bicyclic) bond motifs is 4. The third-order valence-electron chi connectivity index (χ3n) is 6.82. The van der Waals surface area contributed by atoms with Crippen molar-refractivity contribution in [1.82, 2.24) is 24.5 Å². The number of rotatable bonds is 3. The van der Waals surface area contributed by atoms with E-state index in [0.29, 0.717) is 29.1 Å². The summed E-state index contributed by atoms with van der Waals surface area (Å²) >= 11 is 0. The number of ether oxygens (including phenoxy) is 1. The van der Waals surface area contributed by atoms with Crippen molar-refractivity contribution in [1.29, 1.82) is 0 Å². The molecule has 0 unspecified atom stereocenters. The van der Waals surface area contributed by atoms with Gasteiger partial charge in [-0.3, -0.25) is 14.2 Å². The summed E-state index contributed by atoms with van der Waals surface area (Å²) < 4.78 is 47.9. The SMILES string of the molecule is COc1cccc(C(=O)N2[C@@H]3CC[C@H]2c2nn(C)c(-c4cc(C(F)(F)F)nn4C)c2C3)c1C. The van der Waals surface area contributed by atoms with Gasteiger partial charge in [-0.25, -0.2) is 0 Å². The average molecular weight is 459 g/mol. The number of benzene rings is 1. The Balaban J connectivity index is 1.56. The van der Waals surface area contributed by atoms with E-state index in [-0.39, 0.29) is 18.0 Å². The normalized spacial score (nSPS) is 19.7. The fraction of sp³-hybridized carbons (Fsp3) is 0.435. The molecule has 5 rings (SSSR count). The lowest BCUT2D eigenvalue weighted by Gasteiger charge is -2.34. The zero-order valence-electron chi connectivity index (χ0n) is 18.8. The monoisotopic (exact) mass is 459 g/mol. The van der Waals surface area contributed by atoms with Crippen LogP contribution >= 0.6 is 0 Å². The van der Waals surface area contributed by atoms with E-state index in [0.717, 1.165) is 35.7 Å². The van der Waals surface area contributed by atoms with Gasteiger partial charge in [0.1, 0.15) is 5.75 Å². The molecular weight excluding hydrogens is 435 g/mol. The van der Waals surface area contributed by atoms with Gasteiger partial charge in [-0.15, -0.1) is 0 Å². The van der Waals surface area contributed by atoms with Crippen LogP contribution in [0.15, 0.2) is 24.3 Å². The van der Waals surface area contributed by atoms with Gasteiger partial charge in [-0.05, 0) is 44.4 Å². The first-order chi connectivity index (χ1) is 15.6. The standard InChI is InChI=1S/C23H24F3N5O2/c1-12-14(6-5-7-18(12)33-4)22(32)31-13-8-9-16(31)20-15(10-13)21(30(3)28-20)17-11-19(23(24,25)26)27-29(17)2/h5-7,11,13,16H,8-10H2,1-4H3/t13-,16+/m1/s1. The van der Waals surface area contributed by atoms with Gasteiger partial charge < -0.3 is 9.64 Å². The molecule has 2 aromatic heterocycles. The Morgan fingerprint density at radius 3 is 2.58 bits per heavy atom. The maximum atomic E-state index is 13.6. The second kappa shape index (κ2) is 7.36. The van der Waals surface area contributed by atoms with E-state index in [1.807, 2.05) is 17.9 Å². The molecule has 10 heteroatoms. The van der Waals surface area contributed by atoms with Gasteiger partial charge in [0.2, 0.25) is 0 Å². The van der Waals surface area contributed by atoms with Crippen LogP contribution < -0.4 is 4.74 Å². The van der Waals surface area contributed by atoms with E-state index < -0.39 is 11.9 Å². The van der Waals surface area contributed by atoms with Crippen molar-refractivity contribution in [3.05, 3.63) is 52.3 Å². The largest absolute Gasteiger partial charge is 0.496 e. The Kier molecular flexibility index (Phi) is 4.80. The van der Waals surface area contributed by atoms with Crippen LogP contribution in [0.1, 0.15) is 51.8 Å². The van der Waals surface area contributed by atoms with Gasteiger partial charge in [-0.1, -0.05) is 6.07 Å². The molecule has 0 spiro atoms. The van der Waals surface area contributed by atoms with Gasteiger partial charge >= 0.3 is 6.18 Å². The number of alkyl halides is 3. The van der Waals surface area contributed by atoms with E-state index in [2.05, 4.69) is 10.2 Å². The number of halogens is 3. The number of nitrogens with zero attached hydrogens (tertiary/aromatic N) is 5. The molecule has 3 aromatic rings. The Morgan fingerprint density at radius 1 is 1.15 bits per heavy atom. The zero-order chi connectivity index (χ0) is 23.7. The van der Waals surface area contributed by atoms with Gasteiger partial charge in [0.15, 0.2) is 5.69 Å². The molecule has 2 atom stereocenters. The van der Waals surface area contributed by atoms with Crippen LogP contribution in [0.2, 0.25) is 0 Å². The van der Waals surface area contributed by atoms with Crippen molar-refractivity contribution in [3.8, 4) is 17.1 Å². The molecule has 1 saturated heterocycles. The molecule has 33 heavy (non-hydrogen) atoms. The summed E-state index contributed by atoms with van der Waals surface area (Å²) in [6, 6.07) is 6.23. The lowest BCUT2D eigenvalue weighted by atomic mass is 9.94. The predicted molar refractivity (Wildman–Crippen MR) is 114 cm³/mol. The van der Waals surface area contributed by atoms with Crippen LogP contribution in [-0.4, -0.2) is 43.5 Å². The van der Waals surface area contributed by atoms with Crippen LogP contribution in [-0.2, 0) is 26.7 Å². The number of hydrogen-bond acceptors (Lipinski definition) is 4. The summed E-state index contributed by atoms with van der Waals surface area (Å²) in [5.74, 6) is 0.583. The van der Waals surface area contributed by atoms with Gasteiger partial charge in [0.25, 0.3) is 5.91 Å². The average Bonchev–Trinajstić information content (AvgIpc) is 3.40. The molecule has 4 heterocycles. The summed E-state index contributed by atoms with van der Waals surface area (Å²) in [4.78, 5) is 15.5. The highest BCUT2D eigenvalue weighted by Gasteiger charge is 2.46. The first kappa shape index (κ1) is 21.5. The lowest BCUT2D eigenvalue weighted by molar-refractivity contribution is -0.141. The quantitative estimate of drug-likeness (QED) is 0.593. The third kappa shape index (κ3) is 3.22. The minimum atomic E-state index is -4.52. The summed E-state index contributed by atoms with van der Waals surface area (Å²) in [5, 5.41) is 8.34. The van der Waals surface area contributed by atoms with Gasteiger partial charge in [0.05, 0.1) is 30.2 Å². The number of carbonyl (C=O) groups excluding carboxylic acids is 1. The summed E-state index contributed by atoms with van der Waals surface area (Å²) in [5.41, 5.74) is 3.08. The van der Waals surface area contributed by atoms with Crippen molar-refractivity contribution in [2.24, 2.45) is 14.1 Å². The van der Waals surface area contributed by atoms with Crippen LogP contribution in [0.3, 0.4) is 0 Å². The molecule has 7 nitrogen and oxygen atoms in total. The van der Waals surface area contributed by atoms with E-state index in [4.69, 9.17) is 4.74 Å². The summed E-state index contributed by atoms with van der Waals surface area (Å²) in [7, 11) is 4.80. The Morgan fingerprint density at radius 2 is 1.91 bits per heavy atom. The minimum absolute atomic E-state index is 0.0427. The smallest absolute Gasteiger partial charge is 0.435 e. The fourth-order valence-electron chi connectivity index (χ4n) is 5.31. The van der Waals surface area contributed by atoms with Crippen molar-refractivity contribution in [3.63, 3.8) is 0 Å². The second-order valence-electron chi connectivity index (χ2n) is 8.67. The Hall–Kier alpha value is -3.30. The maximum absolute atomic E-state index is 13.6. The van der Waals surface area contributed by atoms with Gasteiger partial charge in [-0.2, -0.15) is 23.4 Å². The molecule has 0 saturated carbocycles. The van der Waals surface area contributed by atoms with Crippen molar-refractivity contribution in [2.45, 2.75) is 44.4 Å². The highest BCUT2D eigenvalue weighted by molar-refractivity contribution is 5.97. The third-order valence-corrected chi connectivity index (χ3v) is 6.82. The van der Waals surface area contributed by atoms with Crippen molar-refractivity contribution < 1.29 is 22.7 Å². The summed E-state index contributed by atoms with van der Waals surface area (Å²) in [6.07, 6.45) is -2.40. The number of carbonyl (C=O) groups is 1. The van der Waals surface area contributed by atoms with E-state index in [1.165, 1.54) is 11.7 Å². The van der Waals surface area contributed by atoms with Crippen LogP contribution in [0.25, 0.3) is 11.4 Å². The molecule has 174 valence electrons. The molecule has 2 bridgehead atoms. The molecule has 1 aromatic carbocycles. The highest BCUT2D eigenvalue weighted by atomic mass is 19.4. The van der Waals surface area contributed by atoms with E-state index in [9.17, 15) is 18.0 Å². The molecule has 0 aliphatic carbocycles. The highest BCUT2D eigenvalue weighted by Crippen LogP contribution is 2.47. The molecular formula is C23H24F3N5O2. The number of aromatic nitrogens is 4. The van der Waals surface area contributed by atoms with Crippen LogP contribution in [0, 0.1) is 6.92 Å². The van der Waals surface area contributed by atoms with Gasteiger partial charge in [0, 0.05) is 36.8 Å². The van der Waals surface area contributed by atoms with Crippen LogP contribution in [0.5, 0.6) is 5.75 Å². The number of methoxy groups -OCH3 is 1. The zero-order valence-corrected chi connectivity index (χ0v) is 18.8. The number of amides is 1. The molecule has 0 N–H and O–H groups in total. The maximum Gasteiger partial charge on any atom is 0.435 e. The molecule has 2 aliphatic heterocycles.